The summed E-state index contributed by atoms with van der Waals surface area (Å²) < 4.78 is 0. The van der Waals surface area contributed by atoms with Crippen molar-refractivity contribution < 1.29 is 9.72 Å². The Morgan fingerprint density at radius 2 is 1.95 bits per heavy atom. The molecule has 7 heteroatoms. The number of carbonyl (C=O) groups is 1. The number of hydrogen-bond acceptors (Lipinski definition) is 4. The van der Waals surface area contributed by atoms with Crippen LogP contribution in [0.3, 0.4) is 0 Å². The third-order valence-electron chi connectivity index (χ3n) is 4.05. The Balaban J connectivity index is 2.15. The van der Waals surface area contributed by atoms with Crippen molar-refractivity contribution in [1.82, 2.24) is 4.90 Å². The van der Waals surface area contributed by atoms with Crippen LogP contribution < -0.4 is 4.90 Å². The van der Waals surface area contributed by atoms with Crippen LogP contribution in [0.25, 0.3) is 0 Å². The second-order valence-electron chi connectivity index (χ2n) is 5.84. The van der Waals surface area contributed by atoms with Crippen LogP contribution >= 0.6 is 11.6 Å². The number of amides is 1. The van der Waals surface area contributed by atoms with Crippen LogP contribution in [0.4, 0.5) is 11.4 Å². The van der Waals surface area contributed by atoms with E-state index in [-0.39, 0.29) is 17.5 Å². The molecule has 0 saturated carbocycles. The molecule has 1 saturated heterocycles. The van der Waals surface area contributed by atoms with E-state index in [0.29, 0.717) is 5.02 Å². The molecule has 22 heavy (non-hydrogen) atoms. The lowest BCUT2D eigenvalue weighted by Crippen LogP contribution is -2.40. The number of aryl methyl sites for hydroxylation is 1. The first-order valence-electron chi connectivity index (χ1n) is 7.22. The largest absolute Gasteiger partial charge is 0.370 e. The van der Waals surface area contributed by atoms with E-state index in [4.69, 9.17) is 11.6 Å². The molecule has 1 amide bonds. The van der Waals surface area contributed by atoms with Gasteiger partial charge >= 0.3 is 0 Å². The predicted octanol–water partition coefficient (Wildman–Crippen LogP) is 2.86. The molecule has 1 heterocycles. The summed E-state index contributed by atoms with van der Waals surface area (Å²) in [6.07, 6.45) is 1.54. The lowest BCUT2D eigenvalue weighted by Gasteiger charge is -2.35. The van der Waals surface area contributed by atoms with Crippen molar-refractivity contribution in [2.24, 2.45) is 5.92 Å². The van der Waals surface area contributed by atoms with Gasteiger partial charge in [0.05, 0.1) is 15.6 Å². The highest BCUT2D eigenvalue weighted by Gasteiger charge is 2.28. The molecule has 1 aromatic carbocycles. The van der Waals surface area contributed by atoms with Crippen molar-refractivity contribution in [2.45, 2.75) is 19.8 Å². The summed E-state index contributed by atoms with van der Waals surface area (Å²) in [6, 6.07) is 2.93. The number of carbonyl (C=O) groups excluding carboxylic acids is 1. The summed E-state index contributed by atoms with van der Waals surface area (Å²) in [6.45, 7) is 3.27. The van der Waals surface area contributed by atoms with Gasteiger partial charge in [0.25, 0.3) is 5.69 Å². The molecule has 1 aliphatic rings. The van der Waals surface area contributed by atoms with E-state index in [0.717, 1.165) is 37.2 Å². The highest BCUT2D eigenvalue weighted by Crippen LogP contribution is 2.36. The molecule has 1 aliphatic heterocycles. The molecule has 0 atom stereocenters. The molecule has 0 aliphatic carbocycles. The first-order valence-corrected chi connectivity index (χ1v) is 7.59. The molecule has 0 radical (unpaired) electrons. The molecule has 0 N–H and O–H groups in total. The minimum atomic E-state index is -0.440. The Morgan fingerprint density at radius 1 is 1.36 bits per heavy atom. The Bertz CT molecular complexity index is 573. The molecule has 0 spiro atoms. The fourth-order valence-corrected chi connectivity index (χ4v) is 3.32. The lowest BCUT2D eigenvalue weighted by atomic mass is 9.94. The van der Waals surface area contributed by atoms with Crippen molar-refractivity contribution >= 4 is 28.9 Å². The number of rotatable bonds is 3. The third kappa shape index (κ3) is 3.32. The Hall–Kier alpha value is -1.82. The molecule has 6 nitrogen and oxygen atoms in total. The molecule has 1 aromatic rings. The second kappa shape index (κ2) is 6.52. The maximum Gasteiger partial charge on any atom is 0.271 e. The van der Waals surface area contributed by atoms with Gasteiger partial charge in [-0.15, -0.1) is 0 Å². The zero-order chi connectivity index (χ0) is 16.4. The molecule has 0 aromatic heterocycles. The number of anilines is 1. The highest BCUT2D eigenvalue weighted by atomic mass is 35.5. The average Bonchev–Trinajstić information content (AvgIpc) is 2.46. The molecule has 1 fully saturated rings. The van der Waals surface area contributed by atoms with Crippen LogP contribution in [0.2, 0.25) is 5.02 Å². The normalized spacial score (nSPS) is 15.7. The number of benzene rings is 1. The van der Waals surface area contributed by atoms with Crippen LogP contribution in [0.15, 0.2) is 12.1 Å². The van der Waals surface area contributed by atoms with Crippen LogP contribution in [-0.2, 0) is 4.79 Å². The minimum absolute atomic E-state index is 0.00363. The zero-order valence-electron chi connectivity index (χ0n) is 13.0. The summed E-state index contributed by atoms with van der Waals surface area (Å²) in [4.78, 5) is 26.2. The van der Waals surface area contributed by atoms with Gasteiger partial charge in [-0.05, 0) is 25.3 Å². The van der Waals surface area contributed by atoms with Crippen molar-refractivity contribution in [3.8, 4) is 0 Å². The molecule has 2 rings (SSSR count). The molecule has 120 valence electrons. The third-order valence-corrected chi connectivity index (χ3v) is 4.34. The van der Waals surface area contributed by atoms with E-state index in [9.17, 15) is 14.9 Å². The minimum Gasteiger partial charge on any atom is -0.370 e. The van der Waals surface area contributed by atoms with E-state index in [1.165, 1.54) is 12.1 Å². The van der Waals surface area contributed by atoms with Gasteiger partial charge in [0.1, 0.15) is 0 Å². The van der Waals surface area contributed by atoms with Gasteiger partial charge in [-0.1, -0.05) is 11.6 Å². The van der Waals surface area contributed by atoms with E-state index in [1.54, 1.807) is 19.0 Å². The number of nitrogens with zero attached hydrogens (tertiary/aromatic N) is 3. The Morgan fingerprint density at radius 3 is 2.41 bits per heavy atom. The monoisotopic (exact) mass is 325 g/mol. The standard InChI is InChI=1S/C15H20ClN3O3/c1-10-8-12(19(21)22)9-13(16)14(10)18-6-4-11(5-7-18)15(20)17(2)3/h8-9,11H,4-7H2,1-3H3. The second-order valence-corrected chi connectivity index (χ2v) is 6.25. The van der Waals surface area contributed by atoms with Gasteiger partial charge in [-0.2, -0.15) is 0 Å². The predicted molar refractivity (Wildman–Crippen MR) is 86.5 cm³/mol. The van der Waals surface area contributed by atoms with Gasteiger partial charge in [-0.25, -0.2) is 0 Å². The summed E-state index contributed by atoms with van der Waals surface area (Å²) in [5.41, 5.74) is 1.63. The van der Waals surface area contributed by atoms with Crippen LogP contribution in [0.5, 0.6) is 0 Å². The molecular formula is C15H20ClN3O3. The summed E-state index contributed by atoms with van der Waals surface area (Å²) in [5, 5.41) is 11.3. The number of non-ortho nitro benzene ring substituents is 1. The van der Waals surface area contributed by atoms with E-state index < -0.39 is 4.92 Å². The van der Waals surface area contributed by atoms with Gasteiger partial charge < -0.3 is 9.80 Å². The zero-order valence-corrected chi connectivity index (χ0v) is 13.8. The summed E-state index contributed by atoms with van der Waals surface area (Å²) in [7, 11) is 3.54. The van der Waals surface area contributed by atoms with E-state index in [2.05, 4.69) is 4.90 Å². The first kappa shape index (κ1) is 16.5. The number of nitro groups is 1. The fourth-order valence-electron chi connectivity index (χ4n) is 2.94. The smallest absolute Gasteiger partial charge is 0.271 e. The molecule has 0 bridgehead atoms. The number of nitro benzene ring substituents is 1. The topological polar surface area (TPSA) is 66.7 Å². The molecule has 0 unspecified atom stereocenters. The SMILES string of the molecule is Cc1cc([N+](=O)[O-])cc(Cl)c1N1CCC(C(=O)N(C)C)CC1. The van der Waals surface area contributed by atoms with E-state index >= 15 is 0 Å². The van der Waals surface area contributed by atoms with Gasteiger partial charge in [-0.3, -0.25) is 14.9 Å². The van der Waals surface area contributed by atoms with Crippen molar-refractivity contribution in [2.75, 3.05) is 32.1 Å². The maximum atomic E-state index is 12.0. The lowest BCUT2D eigenvalue weighted by molar-refractivity contribution is -0.384. The number of halogens is 1. The Labute approximate surface area is 134 Å². The van der Waals surface area contributed by atoms with Crippen molar-refractivity contribution in [3.05, 3.63) is 32.8 Å². The fraction of sp³-hybridized carbons (Fsp3) is 0.533. The van der Waals surface area contributed by atoms with E-state index in [1.807, 2.05) is 6.92 Å². The maximum absolute atomic E-state index is 12.0. The van der Waals surface area contributed by atoms with Crippen LogP contribution in [0.1, 0.15) is 18.4 Å². The quantitative estimate of drug-likeness (QED) is 0.633. The summed E-state index contributed by atoms with van der Waals surface area (Å²) in [5.74, 6) is 0.203. The van der Waals surface area contributed by atoms with Crippen LogP contribution in [-0.4, -0.2) is 42.9 Å². The van der Waals surface area contributed by atoms with Crippen molar-refractivity contribution in [1.29, 1.82) is 0 Å². The number of hydrogen-bond donors (Lipinski definition) is 0. The number of piperidine rings is 1. The average molecular weight is 326 g/mol. The van der Waals surface area contributed by atoms with Gasteiger partial charge in [0.2, 0.25) is 5.91 Å². The van der Waals surface area contributed by atoms with Gasteiger partial charge in [0.15, 0.2) is 0 Å². The Kier molecular flexibility index (Phi) is 4.90. The highest BCUT2D eigenvalue weighted by molar-refractivity contribution is 6.33. The van der Waals surface area contributed by atoms with Crippen LogP contribution in [0, 0.1) is 23.0 Å². The molecular weight excluding hydrogens is 306 g/mol. The van der Waals surface area contributed by atoms with Crippen molar-refractivity contribution in [3.63, 3.8) is 0 Å². The first-order chi connectivity index (χ1) is 10.3. The summed E-state index contributed by atoms with van der Waals surface area (Å²) >= 11 is 6.24. The van der Waals surface area contributed by atoms with Gasteiger partial charge in [0, 0.05) is 45.2 Å².